The van der Waals surface area contributed by atoms with E-state index in [1.165, 1.54) is 0 Å². The molecule has 1 saturated heterocycles. The second kappa shape index (κ2) is 10.1. The number of nitrogens with zero attached hydrogens (tertiary/aromatic N) is 3. The average Bonchev–Trinajstić information content (AvgIpc) is 3.61. The molecule has 1 amide bonds. The Kier molecular flexibility index (Phi) is 6.37. The van der Waals surface area contributed by atoms with E-state index in [1.807, 2.05) is 76.3 Å². The Morgan fingerprint density at radius 2 is 1.76 bits per heavy atom. The van der Waals surface area contributed by atoms with Crippen molar-refractivity contribution in [2.45, 2.75) is 31.7 Å². The lowest BCUT2D eigenvalue weighted by molar-refractivity contribution is 0.0427. The quantitative estimate of drug-likeness (QED) is 0.375. The lowest BCUT2D eigenvalue weighted by Crippen LogP contribution is -2.46. The zero-order chi connectivity index (χ0) is 25.2. The van der Waals surface area contributed by atoms with Crippen LogP contribution in [0.3, 0.4) is 0 Å². The predicted octanol–water partition coefficient (Wildman–Crippen LogP) is 5.35. The van der Waals surface area contributed by atoms with Crippen LogP contribution in [0.15, 0.2) is 85.1 Å². The van der Waals surface area contributed by atoms with Crippen LogP contribution >= 0.6 is 0 Å². The monoisotopic (exact) mass is 494 g/mol. The van der Waals surface area contributed by atoms with Gasteiger partial charge in [0, 0.05) is 36.2 Å². The van der Waals surface area contributed by atoms with E-state index in [4.69, 9.17) is 14.6 Å². The van der Waals surface area contributed by atoms with Crippen LogP contribution in [0.5, 0.6) is 5.75 Å². The molecule has 1 fully saturated rings. The molecule has 188 valence electrons. The number of carbonyl (C=O) groups is 1. The topological polar surface area (TPSA) is 68.6 Å². The summed E-state index contributed by atoms with van der Waals surface area (Å²) in [6.07, 6.45) is 3.63. The molecule has 37 heavy (non-hydrogen) atoms. The van der Waals surface area contributed by atoms with Gasteiger partial charge in [-0.3, -0.25) is 9.48 Å². The summed E-state index contributed by atoms with van der Waals surface area (Å²) >= 11 is 0. The minimum Gasteiger partial charge on any atom is -0.496 e. The molecular formula is C30H30N4O3. The van der Waals surface area contributed by atoms with Gasteiger partial charge in [-0.15, -0.1) is 0 Å². The van der Waals surface area contributed by atoms with E-state index in [0.717, 1.165) is 53.3 Å². The number of nitrogens with one attached hydrogen (secondary N) is 1. The van der Waals surface area contributed by atoms with Gasteiger partial charge in [-0.05, 0) is 42.7 Å². The first-order valence-electron chi connectivity index (χ1n) is 12.7. The first kappa shape index (κ1) is 23.3. The molecule has 3 aromatic carbocycles. The molecule has 0 aliphatic carbocycles. The van der Waals surface area contributed by atoms with Gasteiger partial charge in [0.25, 0.3) is 5.91 Å². The van der Waals surface area contributed by atoms with Crippen LogP contribution in [-0.4, -0.2) is 47.0 Å². The number of fused-ring (bicyclic) bond motifs is 1. The summed E-state index contributed by atoms with van der Waals surface area (Å²) in [4.78, 5) is 15.7. The van der Waals surface area contributed by atoms with Crippen LogP contribution in [0, 0.1) is 0 Å². The second-order valence-electron chi connectivity index (χ2n) is 9.50. The van der Waals surface area contributed by atoms with Crippen LogP contribution in [-0.2, 0) is 11.3 Å². The molecule has 0 bridgehead atoms. The molecule has 0 radical (unpaired) electrons. The molecule has 1 N–H and O–H groups in total. The van der Waals surface area contributed by atoms with E-state index in [9.17, 15) is 4.79 Å². The number of carbonyl (C=O) groups excluding carboxylic acids is 1. The molecule has 2 aliphatic rings. The van der Waals surface area contributed by atoms with E-state index >= 15 is 0 Å². The predicted molar refractivity (Wildman–Crippen MR) is 143 cm³/mol. The Morgan fingerprint density at radius 3 is 2.54 bits per heavy atom. The molecule has 2 unspecified atom stereocenters. The van der Waals surface area contributed by atoms with Crippen molar-refractivity contribution in [3.63, 3.8) is 0 Å². The highest BCUT2D eigenvalue weighted by molar-refractivity contribution is 6.02. The highest BCUT2D eigenvalue weighted by atomic mass is 16.5. The minimum atomic E-state index is -0.406. The van der Waals surface area contributed by atoms with Crippen LogP contribution in [0.25, 0.3) is 11.3 Å². The minimum absolute atomic E-state index is 0.00311. The maximum absolute atomic E-state index is 13.8. The lowest BCUT2D eigenvalue weighted by Gasteiger charge is -2.39. The molecule has 2 aliphatic heterocycles. The molecule has 0 spiro atoms. The Morgan fingerprint density at radius 1 is 1.00 bits per heavy atom. The standard InChI is InChI=1S/C30H30N4O3/c1-36-27-16-8-6-14-24(27)28-25(20-33(32-28)18-21-10-3-2-4-11-21)29-31-26-15-7-5-13-23(26)30(35)34(29)19-22-12-9-17-37-22/h2-8,10-11,13-16,20,22,29,31H,9,12,17-19H2,1H3. The van der Waals surface area contributed by atoms with Gasteiger partial charge in [0.05, 0.1) is 25.3 Å². The smallest absolute Gasteiger partial charge is 0.257 e. The summed E-state index contributed by atoms with van der Waals surface area (Å²) in [6, 6.07) is 25.8. The first-order valence-corrected chi connectivity index (χ1v) is 12.7. The SMILES string of the molecule is COc1ccccc1-c1nn(Cc2ccccc2)cc1C1Nc2ccccc2C(=O)N1CC1CCCO1. The van der Waals surface area contributed by atoms with Crippen LogP contribution in [0.2, 0.25) is 0 Å². The summed E-state index contributed by atoms with van der Waals surface area (Å²) in [6.45, 7) is 1.87. The van der Waals surface area contributed by atoms with Crippen LogP contribution < -0.4 is 10.1 Å². The summed E-state index contributed by atoms with van der Waals surface area (Å²) in [5.41, 5.74) is 5.24. The highest BCUT2D eigenvalue weighted by Crippen LogP contribution is 2.40. The largest absolute Gasteiger partial charge is 0.496 e. The van der Waals surface area contributed by atoms with Gasteiger partial charge < -0.3 is 19.7 Å². The van der Waals surface area contributed by atoms with Crippen molar-refractivity contribution >= 4 is 11.6 Å². The van der Waals surface area contributed by atoms with E-state index in [-0.39, 0.29) is 12.0 Å². The number of rotatable bonds is 7. The summed E-state index contributed by atoms with van der Waals surface area (Å²) in [5.74, 6) is 0.735. The molecule has 2 atom stereocenters. The molecule has 1 aromatic heterocycles. The number of amides is 1. The Bertz CT molecular complexity index is 1390. The van der Waals surface area contributed by atoms with E-state index < -0.39 is 6.17 Å². The molecule has 4 aromatic rings. The van der Waals surface area contributed by atoms with E-state index in [2.05, 4.69) is 23.6 Å². The van der Waals surface area contributed by atoms with Crippen molar-refractivity contribution < 1.29 is 14.3 Å². The van der Waals surface area contributed by atoms with Gasteiger partial charge in [0.1, 0.15) is 17.6 Å². The summed E-state index contributed by atoms with van der Waals surface area (Å²) in [5, 5.41) is 8.68. The normalized spacial score (nSPS) is 18.9. The van der Waals surface area contributed by atoms with Crippen molar-refractivity contribution in [2.24, 2.45) is 0 Å². The van der Waals surface area contributed by atoms with Gasteiger partial charge in [0.2, 0.25) is 0 Å². The molecule has 6 rings (SSSR count). The first-order chi connectivity index (χ1) is 18.2. The third-order valence-electron chi connectivity index (χ3n) is 7.08. The fourth-order valence-electron chi connectivity index (χ4n) is 5.27. The van der Waals surface area contributed by atoms with Crippen molar-refractivity contribution in [3.8, 4) is 17.0 Å². The van der Waals surface area contributed by atoms with Crippen molar-refractivity contribution in [3.05, 3.63) is 102 Å². The lowest BCUT2D eigenvalue weighted by atomic mass is 10.00. The highest BCUT2D eigenvalue weighted by Gasteiger charge is 2.37. The molecular weight excluding hydrogens is 464 g/mol. The molecule has 0 saturated carbocycles. The number of hydrogen-bond acceptors (Lipinski definition) is 5. The van der Waals surface area contributed by atoms with Crippen LogP contribution in [0.1, 0.15) is 40.5 Å². The van der Waals surface area contributed by atoms with Gasteiger partial charge in [-0.25, -0.2) is 0 Å². The Hall–Kier alpha value is -4.10. The summed E-state index contributed by atoms with van der Waals surface area (Å²) < 4.78 is 13.6. The van der Waals surface area contributed by atoms with Crippen LogP contribution in [0.4, 0.5) is 5.69 Å². The van der Waals surface area contributed by atoms with Gasteiger partial charge >= 0.3 is 0 Å². The zero-order valence-electron chi connectivity index (χ0n) is 20.8. The Labute approximate surface area is 216 Å². The number of methoxy groups -OCH3 is 1. The molecule has 7 nitrogen and oxygen atoms in total. The number of ether oxygens (including phenoxy) is 2. The third kappa shape index (κ3) is 4.58. The molecule has 7 heteroatoms. The van der Waals surface area contributed by atoms with E-state index in [1.54, 1.807) is 7.11 Å². The second-order valence-corrected chi connectivity index (χ2v) is 9.50. The maximum atomic E-state index is 13.8. The number of benzene rings is 3. The fourth-order valence-corrected chi connectivity index (χ4v) is 5.27. The Balaban J connectivity index is 1.47. The van der Waals surface area contributed by atoms with Gasteiger partial charge in [0.15, 0.2) is 0 Å². The van der Waals surface area contributed by atoms with Gasteiger partial charge in [-0.1, -0.05) is 54.6 Å². The average molecular weight is 495 g/mol. The van der Waals surface area contributed by atoms with Gasteiger partial charge in [-0.2, -0.15) is 5.10 Å². The summed E-state index contributed by atoms with van der Waals surface area (Å²) in [7, 11) is 1.67. The zero-order valence-corrected chi connectivity index (χ0v) is 20.8. The van der Waals surface area contributed by atoms with Crippen molar-refractivity contribution in [1.29, 1.82) is 0 Å². The van der Waals surface area contributed by atoms with Crippen molar-refractivity contribution in [1.82, 2.24) is 14.7 Å². The van der Waals surface area contributed by atoms with E-state index in [0.29, 0.717) is 18.7 Å². The molecule has 3 heterocycles. The number of anilines is 1. The number of para-hydroxylation sites is 2. The fraction of sp³-hybridized carbons (Fsp3) is 0.267. The third-order valence-corrected chi connectivity index (χ3v) is 7.08. The number of hydrogen-bond donors (Lipinski definition) is 1. The number of aromatic nitrogens is 2. The van der Waals surface area contributed by atoms with Crippen molar-refractivity contribution in [2.75, 3.05) is 25.6 Å². The maximum Gasteiger partial charge on any atom is 0.257 e.